The normalized spacial score (nSPS) is 12.7. The molecule has 3 aromatic rings. The molecule has 3 aromatic carbocycles. The van der Waals surface area contributed by atoms with Gasteiger partial charge in [0.25, 0.3) is 11.8 Å². The van der Waals surface area contributed by atoms with Crippen molar-refractivity contribution >= 4 is 17.9 Å². The summed E-state index contributed by atoms with van der Waals surface area (Å²) in [6.45, 7) is 9.10. The molecule has 0 heterocycles. The van der Waals surface area contributed by atoms with Gasteiger partial charge in [-0.25, -0.2) is 8.78 Å². The van der Waals surface area contributed by atoms with Gasteiger partial charge in [0.15, 0.2) is 0 Å². The van der Waals surface area contributed by atoms with Crippen molar-refractivity contribution in [3.8, 4) is 0 Å². The molecule has 6 nitrogen and oxygen atoms in total. The molecular formula is C35H43F2N3O3. The molecule has 0 bridgehead atoms. The van der Waals surface area contributed by atoms with Crippen LogP contribution in [-0.2, 0) is 13.0 Å². The number of amides is 2. The van der Waals surface area contributed by atoms with Crippen LogP contribution in [0.1, 0.15) is 76.6 Å². The topological polar surface area (TPSA) is 86.9 Å². The van der Waals surface area contributed by atoms with Gasteiger partial charge in [-0.3, -0.25) is 9.59 Å². The number of allylic oxidation sites excluding steroid dienone is 1. The fourth-order valence-corrected chi connectivity index (χ4v) is 5.18. The van der Waals surface area contributed by atoms with E-state index in [2.05, 4.69) is 0 Å². The molecule has 0 aromatic heterocycles. The second kappa shape index (κ2) is 16.1. The number of hydrogen-bond donors (Lipinski definition) is 2. The highest BCUT2D eigenvalue weighted by Gasteiger charge is 2.25. The predicted octanol–water partition coefficient (Wildman–Crippen LogP) is 6.14. The molecule has 0 aliphatic rings. The van der Waals surface area contributed by atoms with E-state index >= 15 is 0 Å². The zero-order valence-electron chi connectivity index (χ0n) is 25.5. The van der Waals surface area contributed by atoms with Gasteiger partial charge in [0.2, 0.25) is 0 Å². The number of aliphatic hydroxyl groups is 1. The first-order valence-electron chi connectivity index (χ1n) is 14.8. The lowest BCUT2D eigenvalue weighted by molar-refractivity contribution is 0.0554. The number of carbonyl (C=O) groups is 2. The molecule has 2 amide bonds. The van der Waals surface area contributed by atoms with Gasteiger partial charge in [-0.1, -0.05) is 44.2 Å². The number of carbonyl (C=O) groups excluding carboxylic acids is 2. The van der Waals surface area contributed by atoms with Crippen LogP contribution in [0, 0.1) is 18.6 Å². The first-order chi connectivity index (χ1) is 20.5. The number of nitrogens with two attached hydrogens (primary N) is 1. The standard InChI is InChI=1S/C35H43F2N3O3/c1-5-9-25-10-8-11-26(16-25)22-40(23-33(41)32(38)19-27-17-30(36)21-31(37)18-27)35(43)29-15-24(4)14-28(20-29)34(42)39(12-6-2)13-7-3/h5,8-11,14-18,20-21,32-33,41H,6-7,12-13,19,22-23,38H2,1-4H3/b9-5-/t32-,33+/m0/s1. The lowest BCUT2D eigenvalue weighted by Gasteiger charge is -2.29. The zero-order chi connectivity index (χ0) is 31.5. The molecule has 0 aliphatic heterocycles. The first-order valence-corrected chi connectivity index (χ1v) is 14.8. The summed E-state index contributed by atoms with van der Waals surface area (Å²) in [5.41, 5.74) is 9.93. The summed E-state index contributed by atoms with van der Waals surface area (Å²) in [6.07, 6.45) is 4.35. The van der Waals surface area contributed by atoms with E-state index in [1.807, 2.05) is 64.1 Å². The second-order valence-corrected chi connectivity index (χ2v) is 11.0. The maximum absolute atomic E-state index is 14.0. The van der Waals surface area contributed by atoms with Gasteiger partial charge in [-0.2, -0.15) is 0 Å². The van der Waals surface area contributed by atoms with Gasteiger partial charge in [-0.05, 0) is 91.8 Å². The lowest BCUT2D eigenvalue weighted by atomic mass is 10.00. The van der Waals surface area contributed by atoms with E-state index in [0.29, 0.717) is 29.8 Å². The Morgan fingerprint density at radius 3 is 2.07 bits per heavy atom. The Labute approximate surface area is 253 Å². The average molecular weight is 592 g/mol. The van der Waals surface area contributed by atoms with Crippen LogP contribution in [0.5, 0.6) is 0 Å². The van der Waals surface area contributed by atoms with Crippen LogP contribution in [0.2, 0.25) is 0 Å². The molecule has 0 saturated heterocycles. The van der Waals surface area contributed by atoms with Gasteiger partial charge < -0.3 is 20.6 Å². The van der Waals surface area contributed by atoms with E-state index in [1.54, 1.807) is 23.1 Å². The third-order valence-corrected chi connectivity index (χ3v) is 7.11. The van der Waals surface area contributed by atoms with E-state index in [4.69, 9.17) is 5.73 Å². The number of rotatable bonds is 14. The molecule has 43 heavy (non-hydrogen) atoms. The highest BCUT2D eigenvalue weighted by atomic mass is 19.1. The maximum atomic E-state index is 14.0. The summed E-state index contributed by atoms with van der Waals surface area (Å²) in [5.74, 6) is -1.95. The Morgan fingerprint density at radius 1 is 0.884 bits per heavy atom. The van der Waals surface area contributed by atoms with Crippen LogP contribution >= 0.6 is 0 Å². The largest absolute Gasteiger partial charge is 0.390 e. The zero-order valence-corrected chi connectivity index (χ0v) is 25.5. The summed E-state index contributed by atoms with van der Waals surface area (Å²) in [4.78, 5) is 30.7. The monoisotopic (exact) mass is 591 g/mol. The van der Waals surface area contributed by atoms with E-state index in [1.165, 1.54) is 17.0 Å². The maximum Gasteiger partial charge on any atom is 0.254 e. The Bertz CT molecular complexity index is 1400. The molecule has 0 saturated carbocycles. The highest BCUT2D eigenvalue weighted by Crippen LogP contribution is 2.19. The molecule has 230 valence electrons. The van der Waals surface area contributed by atoms with Crippen LogP contribution < -0.4 is 5.73 Å². The Kier molecular flexibility index (Phi) is 12.6. The predicted molar refractivity (Wildman–Crippen MR) is 168 cm³/mol. The Morgan fingerprint density at radius 2 is 1.49 bits per heavy atom. The molecule has 0 unspecified atom stereocenters. The van der Waals surface area contributed by atoms with Crippen molar-refractivity contribution in [3.63, 3.8) is 0 Å². The van der Waals surface area contributed by atoms with Crippen molar-refractivity contribution < 1.29 is 23.5 Å². The van der Waals surface area contributed by atoms with Crippen molar-refractivity contribution in [2.24, 2.45) is 5.73 Å². The Hall–Kier alpha value is -3.88. The van der Waals surface area contributed by atoms with Crippen molar-refractivity contribution in [1.29, 1.82) is 0 Å². The summed E-state index contributed by atoms with van der Waals surface area (Å²) in [6, 6.07) is 15.1. The number of benzene rings is 3. The van der Waals surface area contributed by atoms with Crippen LogP contribution in [0.3, 0.4) is 0 Å². The lowest BCUT2D eigenvalue weighted by Crippen LogP contribution is -2.46. The fraction of sp³-hybridized carbons (Fsp3) is 0.371. The molecule has 3 N–H and O–H groups in total. The number of aliphatic hydroxyl groups excluding tert-OH is 1. The third kappa shape index (κ3) is 9.83. The van der Waals surface area contributed by atoms with Gasteiger partial charge in [0.1, 0.15) is 11.6 Å². The molecule has 3 rings (SSSR count). The second-order valence-electron chi connectivity index (χ2n) is 11.0. The number of halogens is 2. The van der Waals surface area contributed by atoms with Gasteiger partial charge in [-0.15, -0.1) is 0 Å². The minimum absolute atomic E-state index is 0.0163. The van der Waals surface area contributed by atoms with Crippen molar-refractivity contribution in [2.45, 2.75) is 65.6 Å². The fourth-order valence-electron chi connectivity index (χ4n) is 5.18. The van der Waals surface area contributed by atoms with Crippen molar-refractivity contribution in [2.75, 3.05) is 19.6 Å². The number of aryl methyl sites for hydroxylation is 1. The molecule has 0 fully saturated rings. The minimum atomic E-state index is -1.19. The van der Waals surface area contributed by atoms with Gasteiger partial charge in [0, 0.05) is 49.4 Å². The molecule has 2 atom stereocenters. The van der Waals surface area contributed by atoms with E-state index < -0.39 is 23.8 Å². The average Bonchev–Trinajstić information content (AvgIpc) is 2.95. The molecule has 0 spiro atoms. The molecule has 0 radical (unpaired) electrons. The Balaban J connectivity index is 1.93. The van der Waals surface area contributed by atoms with E-state index in [-0.39, 0.29) is 31.3 Å². The van der Waals surface area contributed by atoms with Gasteiger partial charge >= 0.3 is 0 Å². The molecule has 8 heteroatoms. The smallest absolute Gasteiger partial charge is 0.254 e. The third-order valence-electron chi connectivity index (χ3n) is 7.11. The summed E-state index contributed by atoms with van der Waals surface area (Å²) in [5, 5.41) is 11.1. The van der Waals surface area contributed by atoms with Crippen LogP contribution in [0.15, 0.2) is 66.7 Å². The number of hydrogen-bond acceptors (Lipinski definition) is 4. The summed E-state index contributed by atoms with van der Waals surface area (Å²) >= 11 is 0. The first kappa shape index (κ1) is 33.6. The van der Waals surface area contributed by atoms with Crippen LogP contribution in [0.4, 0.5) is 8.78 Å². The quantitative estimate of drug-likeness (QED) is 0.236. The molecule has 0 aliphatic carbocycles. The van der Waals surface area contributed by atoms with Gasteiger partial charge in [0.05, 0.1) is 6.10 Å². The summed E-state index contributed by atoms with van der Waals surface area (Å²) in [7, 11) is 0. The van der Waals surface area contributed by atoms with E-state index in [9.17, 15) is 23.5 Å². The van der Waals surface area contributed by atoms with Crippen LogP contribution in [0.25, 0.3) is 6.08 Å². The SMILES string of the molecule is C/C=C\c1cccc(CN(C[C@@H](O)[C@@H](N)Cc2cc(F)cc(F)c2)C(=O)c2cc(C)cc(C(=O)N(CCC)CCC)c2)c1. The summed E-state index contributed by atoms with van der Waals surface area (Å²) < 4.78 is 27.5. The van der Waals surface area contributed by atoms with E-state index in [0.717, 1.165) is 35.6 Å². The van der Waals surface area contributed by atoms with Crippen LogP contribution in [-0.4, -0.2) is 58.5 Å². The van der Waals surface area contributed by atoms with Crippen molar-refractivity contribution in [1.82, 2.24) is 9.80 Å². The highest BCUT2D eigenvalue weighted by molar-refractivity contribution is 6.00. The minimum Gasteiger partial charge on any atom is -0.390 e. The number of nitrogens with zero attached hydrogens (tertiary/aromatic N) is 2. The molecular weight excluding hydrogens is 548 g/mol. The van der Waals surface area contributed by atoms with Crippen molar-refractivity contribution in [3.05, 3.63) is 112 Å².